The van der Waals surface area contributed by atoms with Crippen molar-refractivity contribution in [3.63, 3.8) is 0 Å². The Bertz CT molecular complexity index is 801. The summed E-state index contributed by atoms with van der Waals surface area (Å²) in [7, 11) is 0. The van der Waals surface area contributed by atoms with E-state index in [1.807, 2.05) is 44.2 Å². The third-order valence-corrected chi connectivity index (χ3v) is 3.51. The fourth-order valence-corrected chi connectivity index (χ4v) is 2.46. The van der Waals surface area contributed by atoms with Crippen molar-refractivity contribution in [3.8, 4) is 11.1 Å². The van der Waals surface area contributed by atoms with E-state index in [1.54, 1.807) is 18.5 Å². The van der Waals surface area contributed by atoms with Crippen LogP contribution in [0, 0.1) is 0 Å². The van der Waals surface area contributed by atoms with E-state index in [1.165, 1.54) is 0 Å². The topological polar surface area (TPSA) is 38.7 Å². The van der Waals surface area contributed by atoms with Crippen LogP contribution in [0.3, 0.4) is 0 Å². The first kappa shape index (κ1) is 20.3. The second-order valence-corrected chi connectivity index (χ2v) is 5.49. The SMILES string of the molecule is C=C.C=C/C=C(\C(C=C)=C(C)C)c1nnc(Cl)cc1-c1ccncc1. The van der Waals surface area contributed by atoms with Crippen LogP contribution in [-0.4, -0.2) is 15.2 Å². The lowest BCUT2D eigenvalue weighted by Gasteiger charge is -2.14. The van der Waals surface area contributed by atoms with Crippen LogP contribution in [0.15, 0.2) is 86.3 Å². The Morgan fingerprint density at radius 3 is 2.24 bits per heavy atom. The molecule has 0 radical (unpaired) electrons. The van der Waals surface area contributed by atoms with Gasteiger partial charge < -0.3 is 0 Å². The summed E-state index contributed by atoms with van der Waals surface area (Å²) in [6.07, 6.45) is 8.93. The highest BCUT2D eigenvalue weighted by atomic mass is 35.5. The molecule has 0 unspecified atom stereocenters. The maximum Gasteiger partial charge on any atom is 0.152 e. The van der Waals surface area contributed by atoms with E-state index in [0.717, 1.165) is 33.5 Å². The molecule has 2 heterocycles. The largest absolute Gasteiger partial charge is 0.265 e. The number of hydrogen-bond acceptors (Lipinski definition) is 3. The van der Waals surface area contributed by atoms with Gasteiger partial charge in [-0.15, -0.1) is 23.4 Å². The molecule has 0 N–H and O–H groups in total. The highest BCUT2D eigenvalue weighted by molar-refractivity contribution is 6.29. The van der Waals surface area contributed by atoms with Gasteiger partial charge in [-0.1, -0.05) is 48.6 Å². The zero-order valence-corrected chi connectivity index (χ0v) is 15.4. The van der Waals surface area contributed by atoms with Crippen LogP contribution < -0.4 is 0 Å². The number of rotatable bonds is 5. The smallest absolute Gasteiger partial charge is 0.152 e. The molecule has 0 fully saturated rings. The predicted molar refractivity (Wildman–Crippen MR) is 108 cm³/mol. The average Bonchev–Trinajstić information content (AvgIpc) is 2.64. The molecular formula is C21H22ClN3. The minimum absolute atomic E-state index is 0.343. The van der Waals surface area contributed by atoms with Crippen LogP contribution in [0.5, 0.6) is 0 Å². The van der Waals surface area contributed by atoms with Crippen molar-refractivity contribution >= 4 is 17.2 Å². The first-order chi connectivity index (χ1) is 12.1. The molecule has 0 saturated carbocycles. The Hall–Kier alpha value is -2.78. The molecule has 3 nitrogen and oxygen atoms in total. The number of allylic oxidation sites excluding steroid dienone is 6. The van der Waals surface area contributed by atoms with Crippen LogP contribution >= 0.6 is 11.6 Å². The molecule has 0 amide bonds. The van der Waals surface area contributed by atoms with Gasteiger partial charge in [0, 0.05) is 23.5 Å². The van der Waals surface area contributed by atoms with Gasteiger partial charge in [0.05, 0.1) is 0 Å². The lowest BCUT2D eigenvalue weighted by molar-refractivity contribution is 1.01. The summed E-state index contributed by atoms with van der Waals surface area (Å²) in [5, 5.41) is 8.68. The van der Waals surface area contributed by atoms with Gasteiger partial charge in [-0.05, 0) is 43.2 Å². The van der Waals surface area contributed by atoms with E-state index in [-0.39, 0.29) is 0 Å². The third-order valence-electron chi connectivity index (χ3n) is 3.33. The van der Waals surface area contributed by atoms with Gasteiger partial charge in [0.1, 0.15) is 5.69 Å². The van der Waals surface area contributed by atoms with Crippen LogP contribution in [0.4, 0.5) is 0 Å². The number of aromatic nitrogens is 3. The van der Waals surface area contributed by atoms with Crippen molar-refractivity contribution in [3.05, 3.63) is 97.1 Å². The van der Waals surface area contributed by atoms with Gasteiger partial charge in [0.15, 0.2) is 5.15 Å². The van der Waals surface area contributed by atoms with Gasteiger partial charge in [-0.3, -0.25) is 4.98 Å². The van der Waals surface area contributed by atoms with Crippen molar-refractivity contribution < 1.29 is 0 Å². The summed E-state index contributed by atoms with van der Waals surface area (Å²) < 4.78 is 0. The van der Waals surface area contributed by atoms with Gasteiger partial charge in [-0.2, -0.15) is 0 Å². The fourth-order valence-electron chi connectivity index (χ4n) is 2.32. The highest BCUT2D eigenvalue weighted by Gasteiger charge is 2.15. The standard InChI is InChI=1S/C19H18ClN3.C2H4/c1-5-7-16(15(6-2)13(3)4)19-17(12-18(20)22-23-19)14-8-10-21-11-9-14;1-2/h5-12H,1-2H2,3-4H3;1-2H2/b16-7+;. The van der Waals surface area contributed by atoms with E-state index in [2.05, 4.69) is 41.5 Å². The van der Waals surface area contributed by atoms with Crippen LogP contribution in [0.2, 0.25) is 5.15 Å². The zero-order chi connectivity index (χ0) is 18.8. The molecule has 0 bridgehead atoms. The minimum atomic E-state index is 0.343. The third kappa shape index (κ3) is 5.10. The summed E-state index contributed by atoms with van der Waals surface area (Å²) in [5.74, 6) is 0. The zero-order valence-electron chi connectivity index (χ0n) is 14.7. The average molecular weight is 352 g/mol. The monoisotopic (exact) mass is 351 g/mol. The van der Waals surface area contributed by atoms with Gasteiger partial charge in [0.25, 0.3) is 0 Å². The molecule has 2 rings (SSSR count). The fraction of sp³-hybridized carbons (Fsp3) is 0.0952. The predicted octanol–water partition coefficient (Wildman–Crippen LogP) is 6.09. The Labute approximate surface area is 154 Å². The maximum atomic E-state index is 6.06. The molecule has 2 aromatic heterocycles. The molecule has 0 aliphatic heterocycles. The molecular weight excluding hydrogens is 330 g/mol. The Balaban J connectivity index is 0.00000151. The molecule has 0 saturated heterocycles. The molecule has 0 spiro atoms. The van der Waals surface area contributed by atoms with Crippen molar-refractivity contribution in [2.45, 2.75) is 13.8 Å². The number of nitrogens with zero attached hydrogens (tertiary/aromatic N) is 3. The van der Waals surface area contributed by atoms with E-state index in [0.29, 0.717) is 5.15 Å². The van der Waals surface area contributed by atoms with Gasteiger partial charge in [0.2, 0.25) is 0 Å². The number of halogens is 1. The quantitative estimate of drug-likeness (QED) is 0.483. The first-order valence-electron chi connectivity index (χ1n) is 7.65. The summed E-state index contributed by atoms with van der Waals surface area (Å²) in [4.78, 5) is 4.06. The Kier molecular flexibility index (Phi) is 8.24. The second-order valence-electron chi connectivity index (χ2n) is 5.10. The van der Waals surface area contributed by atoms with E-state index < -0.39 is 0 Å². The minimum Gasteiger partial charge on any atom is -0.265 e. The van der Waals surface area contributed by atoms with Crippen molar-refractivity contribution in [2.24, 2.45) is 0 Å². The van der Waals surface area contributed by atoms with Crippen LogP contribution in [-0.2, 0) is 0 Å². The van der Waals surface area contributed by atoms with Crippen LogP contribution in [0.25, 0.3) is 16.7 Å². The maximum absolute atomic E-state index is 6.06. The molecule has 2 aromatic rings. The molecule has 128 valence electrons. The summed E-state index contributed by atoms with van der Waals surface area (Å²) in [6, 6.07) is 5.64. The second kappa shape index (κ2) is 10.2. The Morgan fingerprint density at radius 2 is 1.72 bits per heavy atom. The van der Waals surface area contributed by atoms with Crippen molar-refractivity contribution in [1.82, 2.24) is 15.2 Å². The van der Waals surface area contributed by atoms with Gasteiger partial charge in [-0.25, -0.2) is 0 Å². The first-order valence-corrected chi connectivity index (χ1v) is 8.03. The van der Waals surface area contributed by atoms with E-state index in [4.69, 9.17) is 11.6 Å². The highest BCUT2D eigenvalue weighted by Crippen LogP contribution is 2.33. The molecule has 0 aliphatic carbocycles. The lowest BCUT2D eigenvalue weighted by Crippen LogP contribution is -2.00. The normalized spacial score (nSPS) is 10.3. The Morgan fingerprint density at radius 1 is 1.08 bits per heavy atom. The molecule has 0 atom stereocenters. The molecule has 0 aromatic carbocycles. The van der Waals surface area contributed by atoms with Crippen LogP contribution in [0.1, 0.15) is 19.5 Å². The molecule has 4 heteroatoms. The van der Waals surface area contributed by atoms with Crippen molar-refractivity contribution in [2.75, 3.05) is 0 Å². The lowest BCUT2D eigenvalue weighted by atomic mass is 9.93. The molecule has 25 heavy (non-hydrogen) atoms. The number of hydrogen-bond donors (Lipinski definition) is 0. The summed E-state index contributed by atoms with van der Waals surface area (Å²) >= 11 is 6.06. The number of pyridine rings is 1. The van der Waals surface area contributed by atoms with Gasteiger partial charge >= 0.3 is 0 Å². The van der Waals surface area contributed by atoms with E-state index >= 15 is 0 Å². The van der Waals surface area contributed by atoms with Crippen molar-refractivity contribution in [1.29, 1.82) is 0 Å². The molecule has 0 aliphatic rings. The summed E-state index contributed by atoms with van der Waals surface area (Å²) in [6.45, 7) is 17.8. The summed E-state index contributed by atoms with van der Waals surface area (Å²) in [5.41, 5.74) is 5.63. The van der Waals surface area contributed by atoms with E-state index in [9.17, 15) is 0 Å².